The minimum atomic E-state index is -0.00455. The highest BCUT2D eigenvalue weighted by Crippen LogP contribution is 2.07. The Balaban J connectivity index is 1.85. The zero-order valence-electron chi connectivity index (χ0n) is 15.6. The van der Waals surface area contributed by atoms with E-state index in [1.165, 1.54) is 0 Å². The number of amides is 1. The maximum absolute atomic E-state index is 11.9. The van der Waals surface area contributed by atoms with Crippen LogP contribution in [-0.4, -0.2) is 50.0 Å². The average molecular weight is 355 g/mol. The number of aliphatic imine (C=N–C) groups is 1. The predicted octanol–water partition coefficient (Wildman–Crippen LogP) is 1.66. The molecule has 1 amide bonds. The Morgan fingerprint density at radius 3 is 2.19 bits per heavy atom. The summed E-state index contributed by atoms with van der Waals surface area (Å²) in [4.78, 5) is 21.8. The zero-order chi connectivity index (χ0) is 18.9. The number of carbonyl (C=O) groups is 1. The summed E-state index contributed by atoms with van der Waals surface area (Å²) in [6, 6.07) is 11.3. The van der Waals surface area contributed by atoms with Gasteiger partial charge in [0.05, 0.1) is 7.11 Å². The van der Waals surface area contributed by atoms with Gasteiger partial charge in [-0.2, -0.15) is 0 Å². The third-order valence-corrected chi connectivity index (χ3v) is 3.76. The molecule has 2 rings (SSSR count). The summed E-state index contributed by atoms with van der Waals surface area (Å²) in [5, 5.41) is 6.48. The van der Waals surface area contributed by atoms with Gasteiger partial charge in [0, 0.05) is 52.1 Å². The van der Waals surface area contributed by atoms with Crippen molar-refractivity contribution in [1.82, 2.24) is 20.5 Å². The molecule has 0 aliphatic rings. The van der Waals surface area contributed by atoms with E-state index in [-0.39, 0.29) is 5.91 Å². The van der Waals surface area contributed by atoms with Crippen LogP contribution in [0.1, 0.15) is 21.5 Å². The van der Waals surface area contributed by atoms with Crippen LogP contribution in [0.2, 0.25) is 0 Å². The number of hydrogen-bond acceptors (Lipinski definition) is 4. The lowest BCUT2D eigenvalue weighted by molar-refractivity contribution is 0.0827. The van der Waals surface area contributed by atoms with Crippen LogP contribution in [0.25, 0.3) is 0 Å². The smallest absolute Gasteiger partial charge is 0.253 e. The van der Waals surface area contributed by atoms with E-state index in [0.29, 0.717) is 30.5 Å². The second-order valence-corrected chi connectivity index (χ2v) is 5.88. The Morgan fingerprint density at radius 1 is 1.08 bits per heavy atom. The number of guanidine groups is 1. The molecule has 1 aromatic heterocycles. The van der Waals surface area contributed by atoms with Gasteiger partial charge < -0.3 is 20.3 Å². The molecule has 0 saturated heterocycles. The molecule has 7 heteroatoms. The number of nitrogens with one attached hydrogen (secondary N) is 2. The van der Waals surface area contributed by atoms with Gasteiger partial charge in [0.15, 0.2) is 5.96 Å². The van der Waals surface area contributed by atoms with E-state index < -0.39 is 0 Å². The molecule has 0 bridgehead atoms. The van der Waals surface area contributed by atoms with Gasteiger partial charge in [0.1, 0.15) is 0 Å². The van der Waals surface area contributed by atoms with Crippen molar-refractivity contribution in [2.45, 2.75) is 13.1 Å². The Bertz CT molecular complexity index is 740. The number of aromatic nitrogens is 1. The first-order chi connectivity index (χ1) is 12.5. The van der Waals surface area contributed by atoms with Crippen molar-refractivity contribution in [2.24, 2.45) is 4.99 Å². The number of methoxy groups -OCH3 is 1. The summed E-state index contributed by atoms with van der Waals surface area (Å²) in [5.41, 5.74) is 2.77. The van der Waals surface area contributed by atoms with E-state index in [2.05, 4.69) is 20.6 Å². The number of pyridine rings is 1. The largest absolute Gasteiger partial charge is 0.481 e. The minimum Gasteiger partial charge on any atom is -0.481 e. The maximum Gasteiger partial charge on any atom is 0.253 e. The van der Waals surface area contributed by atoms with E-state index in [4.69, 9.17) is 4.74 Å². The lowest BCUT2D eigenvalue weighted by atomic mass is 10.1. The van der Waals surface area contributed by atoms with Crippen molar-refractivity contribution >= 4 is 11.9 Å². The third-order valence-electron chi connectivity index (χ3n) is 3.76. The molecule has 138 valence electrons. The summed E-state index contributed by atoms with van der Waals surface area (Å²) in [5.74, 6) is 1.27. The number of carbonyl (C=O) groups excluding carboxylic acids is 1. The molecule has 7 nitrogen and oxygen atoms in total. The van der Waals surface area contributed by atoms with Crippen LogP contribution in [0.15, 0.2) is 47.6 Å². The van der Waals surface area contributed by atoms with E-state index in [9.17, 15) is 4.79 Å². The predicted molar refractivity (Wildman–Crippen MR) is 102 cm³/mol. The summed E-state index contributed by atoms with van der Waals surface area (Å²) >= 11 is 0. The van der Waals surface area contributed by atoms with Crippen molar-refractivity contribution in [2.75, 3.05) is 28.3 Å². The molecule has 0 aliphatic carbocycles. The normalized spacial score (nSPS) is 11.0. The molecule has 0 saturated carbocycles. The first kappa shape index (κ1) is 19.2. The van der Waals surface area contributed by atoms with Crippen molar-refractivity contribution < 1.29 is 9.53 Å². The minimum absolute atomic E-state index is 0.00455. The monoisotopic (exact) mass is 355 g/mol. The molecule has 1 heterocycles. The molecule has 0 aliphatic heterocycles. The SMILES string of the molecule is CN=C(NCc1ccc(C(=O)N(C)C)cc1)NCc1ccc(OC)nc1. The van der Waals surface area contributed by atoms with Crippen LogP contribution in [0, 0.1) is 0 Å². The van der Waals surface area contributed by atoms with Crippen molar-refractivity contribution in [3.63, 3.8) is 0 Å². The Morgan fingerprint density at radius 2 is 1.69 bits per heavy atom. The fraction of sp³-hybridized carbons (Fsp3) is 0.316. The van der Waals surface area contributed by atoms with Crippen LogP contribution >= 0.6 is 0 Å². The highest BCUT2D eigenvalue weighted by atomic mass is 16.5. The van der Waals surface area contributed by atoms with Gasteiger partial charge in [-0.25, -0.2) is 4.98 Å². The van der Waals surface area contributed by atoms with Crippen LogP contribution < -0.4 is 15.4 Å². The molecule has 0 atom stereocenters. The number of rotatable bonds is 6. The van der Waals surface area contributed by atoms with Crippen LogP contribution in [0.3, 0.4) is 0 Å². The van der Waals surface area contributed by atoms with Gasteiger partial charge in [0.25, 0.3) is 5.91 Å². The van der Waals surface area contributed by atoms with Crippen LogP contribution in [0.5, 0.6) is 5.88 Å². The summed E-state index contributed by atoms with van der Waals surface area (Å²) < 4.78 is 5.05. The fourth-order valence-corrected chi connectivity index (χ4v) is 2.25. The average Bonchev–Trinajstić information content (AvgIpc) is 2.68. The topological polar surface area (TPSA) is 78.9 Å². The second-order valence-electron chi connectivity index (χ2n) is 5.88. The first-order valence-corrected chi connectivity index (χ1v) is 8.27. The molecular formula is C19H25N5O2. The molecule has 2 aromatic rings. The highest BCUT2D eigenvalue weighted by Gasteiger charge is 2.07. The van der Waals surface area contributed by atoms with Crippen LogP contribution in [-0.2, 0) is 13.1 Å². The summed E-state index contributed by atoms with van der Waals surface area (Å²) in [7, 11) is 6.80. The highest BCUT2D eigenvalue weighted by molar-refractivity contribution is 5.93. The van der Waals surface area contributed by atoms with Gasteiger partial charge >= 0.3 is 0 Å². The van der Waals surface area contributed by atoms with Gasteiger partial charge in [-0.3, -0.25) is 9.79 Å². The molecule has 2 N–H and O–H groups in total. The quantitative estimate of drug-likeness (QED) is 0.609. The Kier molecular flexibility index (Phi) is 6.96. The number of hydrogen-bond donors (Lipinski definition) is 2. The van der Waals surface area contributed by atoms with Crippen molar-refractivity contribution in [3.05, 3.63) is 59.3 Å². The molecule has 0 radical (unpaired) electrons. The molecule has 1 aromatic carbocycles. The van der Waals surface area contributed by atoms with E-state index in [1.54, 1.807) is 39.3 Å². The second kappa shape index (κ2) is 9.41. The summed E-state index contributed by atoms with van der Waals surface area (Å²) in [6.07, 6.45) is 1.76. The third kappa shape index (κ3) is 5.47. The standard InChI is InChI=1S/C19H25N5O2/c1-20-19(23-13-15-7-10-17(26-4)21-12-15)22-11-14-5-8-16(9-6-14)18(25)24(2)3/h5-10,12H,11,13H2,1-4H3,(H2,20,22,23). The number of nitrogens with zero attached hydrogens (tertiary/aromatic N) is 3. The molecule has 0 fully saturated rings. The molecule has 0 spiro atoms. The van der Waals surface area contributed by atoms with Gasteiger partial charge in [-0.1, -0.05) is 18.2 Å². The number of ether oxygens (including phenoxy) is 1. The van der Waals surface area contributed by atoms with E-state index in [1.807, 2.05) is 36.4 Å². The molecule has 26 heavy (non-hydrogen) atoms. The van der Waals surface area contributed by atoms with Crippen molar-refractivity contribution in [1.29, 1.82) is 0 Å². The van der Waals surface area contributed by atoms with Crippen LogP contribution in [0.4, 0.5) is 0 Å². The van der Waals surface area contributed by atoms with Gasteiger partial charge in [-0.15, -0.1) is 0 Å². The molecular weight excluding hydrogens is 330 g/mol. The van der Waals surface area contributed by atoms with E-state index in [0.717, 1.165) is 11.1 Å². The zero-order valence-corrected chi connectivity index (χ0v) is 15.6. The maximum atomic E-state index is 11.9. The Hall–Kier alpha value is -3.09. The lowest BCUT2D eigenvalue weighted by Crippen LogP contribution is -2.36. The first-order valence-electron chi connectivity index (χ1n) is 8.27. The Labute approximate surface area is 154 Å². The van der Waals surface area contributed by atoms with Gasteiger partial charge in [-0.05, 0) is 23.3 Å². The molecule has 0 unspecified atom stereocenters. The van der Waals surface area contributed by atoms with Crippen molar-refractivity contribution in [3.8, 4) is 5.88 Å². The fourth-order valence-electron chi connectivity index (χ4n) is 2.25. The lowest BCUT2D eigenvalue weighted by Gasteiger charge is -2.13. The van der Waals surface area contributed by atoms with Gasteiger partial charge in [0.2, 0.25) is 5.88 Å². The van der Waals surface area contributed by atoms with E-state index >= 15 is 0 Å². The number of benzene rings is 1. The summed E-state index contributed by atoms with van der Waals surface area (Å²) in [6.45, 7) is 1.21.